The molecule has 0 aromatic heterocycles. The van der Waals surface area contributed by atoms with Crippen molar-refractivity contribution in [3.8, 4) is 0 Å². The van der Waals surface area contributed by atoms with Crippen LogP contribution in [0.15, 0.2) is 96.0 Å². The molecular weight excluding hydrogens is 450 g/mol. The van der Waals surface area contributed by atoms with Crippen LogP contribution in [-0.4, -0.2) is 41.9 Å². The summed E-state index contributed by atoms with van der Waals surface area (Å²) in [4.78, 5) is 31.8. The highest BCUT2D eigenvalue weighted by molar-refractivity contribution is 5.86. The lowest BCUT2D eigenvalue weighted by Gasteiger charge is -2.44. The summed E-state index contributed by atoms with van der Waals surface area (Å²) in [5.41, 5.74) is 19.6. The van der Waals surface area contributed by atoms with Gasteiger partial charge in [-0.3, -0.25) is 9.79 Å². The number of carbonyl (C=O) groups is 2. The first-order chi connectivity index (χ1) is 17.3. The van der Waals surface area contributed by atoms with Crippen LogP contribution in [0.1, 0.15) is 48.4 Å². The van der Waals surface area contributed by atoms with Gasteiger partial charge in [0.2, 0.25) is 0 Å². The summed E-state index contributed by atoms with van der Waals surface area (Å²) in [6.45, 7) is 2.33. The Bertz CT molecular complexity index is 1120. The molecule has 0 aliphatic carbocycles. The van der Waals surface area contributed by atoms with Crippen LogP contribution in [-0.2, 0) is 9.59 Å². The van der Waals surface area contributed by atoms with E-state index in [1.807, 2.05) is 105 Å². The fourth-order valence-electron chi connectivity index (χ4n) is 4.87. The van der Waals surface area contributed by atoms with Crippen LogP contribution in [0.5, 0.6) is 0 Å². The van der Waals surface area contributed by atoms with Gasteiger partial charge in [-0.2, -0.15) is 0 Å². The number of primary amides is 1. The van der Waals surface area contributed by atoms with Crippen molar-refractivity contribution in [2.75, 3.05) is 13.6 Å². The van der Waals surface area contributed by atoms with E-state index in [9.17, 15) is 9.59 Å². The first kappa shape index (κ1) is 26.6. The molecule has 3 aromatic rings. The molecule has 2 amide bonds. The third-order valence-corrected chi connectivity index (χ3v) is 6.98. The van der Waals surface area contributed by atoms with E-state index < -0.39 is 17.9 Å². The molecule has 7 nitrogen and oxygen atoms in total. The predicted molar refractivity (Wildman–Crippen MR) is 144 cm³/mol. The number of hydrogen-bond donors (Lipinski definition) is 3. The van der Waals surface area contributed by atoms with Crippen molar-refractivity contribution in [3.63, 3.8) is 0 Å². The number of nitrogens with two attached hydrogens (primary N) is 3. The highest BCUT2D eigenvalue weighted by Gasteiger charge is 2.51. The van der Waals surface area contributed by atoms with Gasteiger partial charge >= 0.3 is 5.91 Å². The van der Waals surface area contributed by atoms with Crippen molar-refractivity contribution in [1.82, 2.24) is 0 Å². The van der Waals surface area contributed by atoms with E-state index in [0.29, 0.717) is 19.4 Å². The quantitative estimate of drug-likeness (QED) is 0.166. The molecule has 0 radical (unpaired) electrons. The highest BCUT2D eigenvalue weighted by Crippen LogP contribution is 2.38. The molecule has 0 spiro atoms. The Balaban J connectivity index is 2.15. The predicted octanol–water partition coefficient (Wildman–Crippen LogP) is 3.46. The molecular formula is C29H36N5O2+. The number of amides is 2. The number of nitrogens with zero attached hydrogens (tertiary/aromatic N) is 2. The molecule has 0 saturated heterocycles. The number of likely N-dealkylation sites (N-methyl/N-ethyl adjacent to an activating group) is 1. The number of quaternary nitrogens is 1. The Hall–Kier alpha value is -3.97. The first-order valence-electron chi connectivity index (χ1n) is 12.2. The second-order valence-electron chi connectivity index (χ2n) is 9.19. The van der Waals surface area contributed by atoms with Crippen molar-refractivity contribution in [2.24, 2.45) is 22.2 Å². The lowest BCUT2D eigenvalue weighted by Crippen LogP contribution is -2.63. The van der Waals surface area contributed by atoms with E-state index in [-0.39, 0.29) is 22.4 Å². The number of guanidine groups is 1. The summed E-state index contributed by atoms with van der Waals surface area (Å²) in [5.74, 6) is -1.22. The maximum Gasteiger partial charge on any atom is 0.326 e. The van der Waals surface area contributed by atoms with E-state index in [4.69, 9.17) is 17.2 Å². The summed E-state index contributed by atoms with van der Waals surface area (Å²) in [6, 6.07) is 28.0. The number of hydrogen-bond acceptors (Lipinski definition) is 3. The van der Waals surface area contributed by atoms with Crippen LogP contribution < -0.4 is 17.2 Å². The zero-order chi connectivity index (χ0) is 26.1. The van der Waals surface area contributed by atoms with Gasteiger partial charge in [-0.1, -0.05) is 91.0 Å². The summed E-state index contributed by atoms with van der Waals surface area (Å²) >= 11 is 0. The monoisotopic (exact) mass is 486 g/mol. The van der Waals surface area contributed by atoms with Crippen LogP contribution in [0.25, 0.3) is 0 Å². The van der Waals surface area contributed by atoms with Crippen LogP contribution in [0.2, 0.25) is 0 Å². The van der Waals surface area contributed by atoms with Crippen LogP contribution in [0, 0.1) is 0 Å². The van der Waals surface area contributed by atoms with E-state index in [2.05, 4.69) is 4.99 Å². The minimum absolute atomic E-state index is 0.00942. The molecule has 1 unspecified atom stereocenters. The van der Waals surface area contributed by atoms with Crippen molar-refractivity contribution in [1.29, 1.82) is 0 Å². The molecule has 0 aliphatic rings. The first-order valence-corrected chi connectivity index (χ1v) is 12.2. The zero-order valence-electron chi connectivity index (χ0n) is 21.0. The molecule has 188 valence electrons. The fraction of sp³-hybridized carbons (Fsp3) is 0.276. The van der Waals surface area contributed by atoms with Crippen molar-refractivity contribution < 1.29 is 14.1 Å². The molecule has 0 saturated carbocycles. The minimum Gasteiger partial charge on any atom is -0.370 e. The SMILES string of the molecule is CC(c1ccccc1)[N@@+](C)(C(=O)C(c1ccccc1)c1ccccc1)[C@H](CCCN=C(N)N)C(N)=O. The maximum absolute atomic E-state index is 14.8. The van der Waals surface area contributed by atoms with Gasteiger partial charge < -0.3 is 17.2 Å². The standard InChI is InChI=1S/C29H35N5O2/c1-21(22-13-6-3-7-14-22)34(2,25(27(30)35)19-12-20-33-29(31)32)28(36)26(23-15-8-4-9-16-23)24-17-10-5-11-18-24/h3-11,13-18,21,25-26H,12,19-20H2,1-2H3,(H5-,30,31,32,33,35)/p+1/t21?,25-,34-/m1/s1. The van der Waals surface area contributed by atoms with Crippen molar-refractivity contribution in [3.05, 3.63) is 108 Å². The molecule has 0 bridgehead atoms. The van der Waals surface area contributed by atoms with E-state index >= 15 is 0 Å². The Kier molecular flexibility index (Phi) is 8.97. The molecule has 6 N–H and O–H groups in total. The zero-order valence-corrected chi connectivity index (χ0v) is 21.0. The smallest absolute Gasteiger partial charge is 0.326 e. The van der Waals surface area contributed by atoms with E-state index in [1.165, 1.54) is 0 Å². The van der Waals surface area contributed by atoms with Gasteiger partial charge in [0.1, 0.15) is 12.0 Å². The van der Waals surface area contributed by atoms with Gasteiger partial charge in [0.15, 0.2) is 12.0 Å². The van der Waals surface area contributed by atoms with Gasteiger partial charge in [-0.15, -0.1) is 0 Å². The lowest BCUT2D eigenvalue weighted by atomic mass is 9.86. The van der Waals surface area contributed by atoms with Gasteiger partial charge in [0.05, 0.1) is 7.05 Å². The normalized spacial score (nSPS) is 14.4. The number of carbonyl (C=O) groups excluding carboxylic acids is 2. The second kappa shape index (κ2) is 12.1. The topological polar surface area (TPSA) is 125 Å². The maximum atomic E-state index is 14.8. The molecule has 7 heteroatoms. The molecule has 3 atom stereocenters. The Morgan fingerprint density at radius 1 is 0.778 bits per heavy atom. The molecule has 3 rings (SSSR count). The fourth-order valence-corrected chi connectivity index (χ4v) is 4.87. The van der Waals surface area contributed by atoms with Gasteiger partial charge in [-0.05, 0) is 24.5 Å². The summed E-state index contributed by atoms with van der Waals surface area (Å²) in [6.07, 6.45) is 0.872. The van der Waals surface area contributed by atoms with Crippen LogP contribution in [0.3, 0.4) is 0 Å². The largest absolute Gasteiger partial charge is 0.370 e. The lowest BCUT2D eigenvalue weighted by molar-refractivity contribution is -0.881. The Labute approximate surface area is 213 Å². The summed E-state index contributed by atoms with van der Waals surface area (Å²) < 4.78 is -0.185. The molecule has 3 aromatic carbocycles. The van der Waals surface area contributed by atoms with E-state index in [0.717, 1.165) is 16.7 Å². The summed E-state index contributed by atoms with van der Waals surface area (Å²) in [5, 5.41) is 0. The van der Waals surface area contributed by atoms with Crippen LogP contribution >= 0.6 is 0 Å². The van der Waals surface area contributed by atoms with Gasteiger partial charge in [0, 0.05) is 18.5 Å². The van der Waals surface area contributed by atoms with Gasteiger partial charge in [0.25, 0.3) is 5.91 Å². The number of rotatable bonds is 11. The number of aliphatic imine (C=N–C) groups is 1. The van der Waals surface area contributed by atoms with Crippen molar-refractivity contribution >= 4 is 17.8 Å². The molecule has 0 heterocycles. The number of benzene rings is 3. The molecule has 0 fully saturated rings. The van der Waals surface area contributed by atoms with Crippen molar-refractivity contribution in [2.45, 2.75) is 37.8 Å². The Morgan fingerprint density at radius 2 is 1.22 bits per heavy atom. The van der Waals surface area contributed by atoms with Gasteiger partial charge in [-0.25, -0.2) is 9.28 Å². The average Bonchev–Trinajstić information content (AvgIpc) is 2.89. The molecule has 36 heavy (non-hydrogen) atoms. The minimum atomic E-state index is -0.781. The Morgan fingerprint density at radius 3 is 1.64 bits per heavy atom. The third kappa shape index (κ3) is 5.98. The van der Waals surface area contributed by atoms with E-state index in [1.54, 1.807) is 0 Å². The van der Waals surface area contributed by atoms with Crippen LogP contribution in [0.4, 0.5) is 0 Å². The second-order valence-corrected chi connectivity index (χ2v) is 9.19. The third-order valence-electron chi connectivity index (χ3n) is 6.98. The molecule has 0 aliphatic heterocycles. The highest BCUT2D eigenvalue weighted by atomic mass is 16.2. The average molecular weight is 487 g/mol. The summed E-state index contributed by atoms with van der Waals surface area (Å²) in [7, 11) is 1.83.